The molecular weight excluding hydrogens is 262 g/mol. The first-order valence-electron chi connectivity index (χ1n) is 6.03. The van der Waals surface area contributed by atoms with Crippen LogP contribution in [0.5, 0.6) is 0 Å². The van der Waals surface area contributed by atoms with Crippen LogP contribution in [0.25, 0.3) is 0 Å². The monoisotopic (exact) mass is 277 g/mol. The lowest BCUT2D eigenvalue weighted by Gasteiger charge is -2.17. The van der Waals surface area contributed by atoms with Crippen LogP contribution >= 0.6 is 11.3 Å². The van der Waals surface area contributed by atoms with Crippen molar-refractivity contribution in [3.63, 3.8) is 0 Å². The molecule has 0 saturated carbocycles. The quantitative estimate of drug-likeness (QED) is 0.934. The van der Waals surface area contributed by atoms with Gasteiger partial charge in [-0.25, -0.2) is 4.79 Å². The minimum atomic E-state index is -1.15. The van der Waals surface area contributed by atoms with Gasteiger partial charge in [0.1, 0.15) is 5.56 Å². The molecule has 100 valence electrons. The Labute approximate surface area is 115 Å². The van der Waals surface area contributed by atoms with E-state index in [1.807, 2.05) is 35.9 Å². The molecule has 2 aromatic heterocycles. The molecule has 4 nitrogen and oxygen atoms in total. The molecule has 2 aromatic rings. The smallest absolute Gasteiger partial charge is 0.341 e. The average molecular weight is 277 g/mol. The third-order valence-corrected chi connectivity index (χ3v) is 3.93. The van der Waals surface area contributed by atoms with E-state index in [9.17, 15) is 14.7 Å². The van der Waals surface area contributed by atoms with Gasteiger partial charge >= 0.3 is 5.97 Å². The first kappa shape index (κ1) is 13.5. The first-order valence-corrected chi connectivity index (χ1v) is 6.91. The molecule has 1 N–H and O–H groups in total. The molecule has 0 spiro atoms. The van der Waals surface area contributed by atoms with Gasteiger partial charge in [-0.05, 0) is 24.8 Å². The van der Waals surface area contributed by atoms with Gasteiger partial charge in [-0.15, -0.1) is 11.3 Å². The molecule has 0 aliphatic rings. The third kappa shape index (κ3) is 2.61. The first-order chi connectivity index (χ1) is 9.04. The van der Waals surface area contributed by atoms with E-state index in [-0.39, 0.29) is 5.56 Å². The highest BCUT2D eigenvalue weighted by Gasteiger charge is 2.18. The van der Waals surface area contributed by atoms with Gasteiger partial charge in [0.25, 0.3) is 0 Å². The van der Waals surface area contributed by atoms with Crippen molar-refractivity contribution in [1.82, 2.24) is 4.57 Å². The normalized spacial score (nSPS) is 10.6. The van der Waals surface area contributed by atoms with Crippen molar-refractivity contribution < 1.29 is 9.90 Å². The lowest BCUT2D eigenvalue weighted by Crippen LogP contribution is -2.24. The van der Waals surface area contributed by atoms with Gasteiger partial charge in [0.2, 0.25) is 0 Å². The van der Waals surface area contributed by atoms with E-state index in [4.69, 9.17) is 0 Å². The molecule has 0 aliphatic heterocycles. The summed E-state index contributed by atoms with van der Waals surface area (Å²) < 4.78 is 1.91. The van der Waals surface area contributed by atoms with Crippen molar-refractivity contribution in [2.45, 2.75) is 26.8 Å². The van der Waals surface area contributed by atoms with Crippen LogP contribution in [0.3, 0.4) is 0 Å². The van der Waals surface area contributed by atoms with Crippen LogP contribution in [0.1, 0.15) is 33.5 Å². The summed E-state index contributed by atoms with van der Waals surface area (Å²) in [7, 11) is 0. The molecular formula is C14H15NO3S. The maximum Gasteiger partial charge on any atom is 0.341 e. The van der Waals surface area contributed by atoms with E-state index in [1.165, 1.54) is 6.07 Å². The predicted octanol–water partition coefficient (Wildman–Crippen LogP) is 2.53. The zero-order valence-electron chi connectivity index (χ0n) is 10.8. The number of aryl methyl sites for hydroxylation is 1. The molecule has 0 amide bonds. The fraction of sp³-hybridized carbons (Fsp3) is 0.286. The van der Waals surface area contributed by atoms with Gasteiger partial charge in [-0.3, -0.25) is 4.79 Å². The van der Waals surface area contributed by atoms with Gasteiger partial charge in [0, 0.05) is 22.3 Å². The molecule has 0 radical (unpaired) electrons. The van der Waals surface area contributed by atoms with Crippen molar-refractivity contribution in [3.05, 3.63) is 55.6 Å². The van der Waals surface area contributed by atoms with Crippen LogP contribution in [0.2, 0.25) is 0 Å². The summed E-state index contributed by atoms with van der Waals surface area (Å²) in [5.41, 5.74) is 0.861. The molecule has 0 saturated heterocycles. The van der Waals surface area contributed by atoms with Crippen molar-refractivity contribution in [3.8, 4) is 0 Å². The molecule has 19 heavy (non-hydrogen) atoms. The van der Waals surface area contributed by atoms with E-state index >= 15 is 0 Å². The van der Waals surface area contributed by atoms with Crippen LogP contribution in [0.4, 0.5) is 0 Å². The van der Waals surface area contributed by atoms with Crippen molar-refractivity contribution >= 4 is 17.3 Å². The van der Waals surface area contributed by atoms with Crippen LogP contribution < -0.4 is 5.43 Å². The summed E-state index contributed by atoms with van der Waals surface area (Å²) in [5, 5.41) is 11.2. The number of carbonyl (C=O) groups is 1. The number of hydrogen-bond donors (Lipinski definition) is 1. The lowest BCUT2D eigenvalue weighted by molar-refractivity contribution is 0.0693. The number of aromatic nitrogens is 1. The summed E-state index contributed by atoms with van der Waals surface area (Å²) in [6.07, 6.45) is 0.518. The van der Waals surface area contributed by atoms with Crippen LogP contribution in [-0.4, -0.2) is 15.6 Å². The largest absolute Gasteiger partial charge is 0.477 e. The molecule has 0 atom stereocenters. The topological polar surface area (TPSA) is 59.3 Å². The Hall–Kier alpha value is -1.88. The zero-order chi connectivity index (χ0) is 14.0. The average Bonchev–Trinajstić information content (AvgIpc) is 2.84. The maximum atomic E-state index is 11.8. The van der Waals surface area contributed by atoms with Crippen LogP contribution in [0.15, 0.2) is 28.4 Å². The lowest BCUT2D eigenvalue weighted by atomic mass is 10.1. The second kappa shape index (κ2) is 5.40. The summed E-state index contributed by atoms with van der Waals surface area (Å²) in [6, 6.07) is 5.36. The van der Waals surface area contributed by atoms with E-state index in [2.05, 4.69) is 0 Å². The Kier molecular flexibility index (Phi) is 3.85. The summed E-state index contributed by atoms with van der Waals surface area (Å²) >= 11 is 1.62. The molecule has 0 fully saturated rings. The van der Waals surface area contributed by atoms with E-state index in [0.717, 1.165) is 10.6 Å². The number of carboxylic acid groups (broad SMARTS) is 1. The highest BCUT2D eigenvalue weighted by atomic mass is 32.1. The van der Waals surface area contributed by atoms with Crippen LogP contribution in [-0.2, 0) is 13.0 Å². The van der Waals surface area contributed by atoms with Crippen molar-refractivity contribution in [1.29, 1.82) is 0 Å². The van der Waals surface area contributed by atoms with E-state index in [0.29, 0.717) is 18.7 Å². The van der Waals surface area contributed by atoms with Gasteiger partial charge in [-0.2, -0.15) is 0 Å². The number of thiophene rings is 1. The summed E-state index contributed by atoms with van der Waals surface area (Å²) in [4.78, 5) is 24.2. The Morgan fingerprint density at radius 3 is 2.74 bits per heavy atom. The van der Waals surface area contributed by atoms with Gasteiger partial charge in [0.05, 0.1) is 6.54 Å². The SMILES string of the molecule is CCc1c(C(=O)O)c(=O)cc(C)n1Cc1cccs1. The van der Waals surface area contributed by atoms with Crippen molar-refractivity contribution in [2.75, 3.05) is 0 Å². The van der Waals surface area contributed by atoms with Gasteiger partial charge < -0.3 is 9.67 Å². The number of nitrogens with zero attached hydrogens (tertiary/aromatic N) is 1. The molecule has 0 bridgehead atoms. The summed E-state index contributed by atoms with van der Waals surface area (Å²) in [6.45, 7) is 4.30. The number of carboxylic acids is 1. The van der Waals surface area contributed by atoms with Crippen LogP contribution in [0, 0.1) is 6.92 Å². The predicted molar refractivity (Wildman–Crippen MR) is 75.2 cm³/mol. The minimum absolute atomic E-state index is 0.107. The Morgan fingerprint density at radius 1 is 1.47 bits per heavy atom. The number of aromatic carboxylic acids is 1. The van der Waals surface area contributed by atoms with Crippen molar-refractivity contribution in [2.24, 2.45) is 0 Å². The highest BCUT2D eigenvalue weighted by molar-refractivity contribution is 7.09. The number of pyridine rings is 1. The number of hydrogen-bond acceptors (Lipinski definition) is 3. The standard InChI is InChI=1S/C14H15NO3S/c1-3-11-13(14(17)18)12(16)7-9(2)15(11)8-10-5-4-6-19-10/h4-7H,3,8H2,1-2H3,(H,17,18). The third-order valence-electron chi connectivity index (χ3n) is 3.07. The Morgan fingerprint density at radius 2 is 2.21 bits per heavy atom. The Balaban J connectivity index is 2.62. The highest BCUT2D eigenvalue weighted by Crippen LogP contribution is 2.16. The van der Waals surface area contributed by atoms with E-state index in [1.54, 1.807) is 11.3 Å². The fourth-order valence-electron chi connectivity index (χ4n) is 2.20. The molecule has 2 rings (SSSR count). The molecule has 0 unspecified atom stereocenters. The number of rotatable bonds is 4. The fourth-order valence-corrected chi connectivity index (χ4v) is 2.90. The maximum absolute atomic E-state index is 11.8. The molecule has 5 heteroatoms. The van der Waals surface area contributed by atoms with Gasteiger partial charge in [-0.1, -0.05) is 13.0 Å². The van der Waals surface area contributed by atoms with Gasteiger partial charge in [0.15, 0.2) is 5.43 Å². The second-order valence-electron chi connectivity index (χ2n) is 4.30. The second-order valence-corrected chi connectivity index (χ2v) is 5.33. The van der Waals surface area contributed by atoms with E-state index < -0.39 is 11.4 Å². The minimum Gasteiger partial charge on any atom is -0.477 e. The molecule has 0 aliphatic carbocycles. The zero-order valence-corrected chi connectivity index (χ0v) is 11.7. The molecule has 2 heterocycles. The molecule has 0 aromatic carbocycles. The summed E-state index contributed by atoms with van der Waals surface area (Å²) in [5.74, 6) is -1.15. The Bertz CT molecular complexity index is 656.